The van der Waals surface area contributed by atoms with Crippen molar-refractivity contribution in [1.29, 1.82) is 0 Å². The first-order valence-electron chi connectivity index (χ1n) is 5.90. The van der Waals surface area contributed by atoms with Crippen LogP contribution in [0.2, 0.25) is 0 Å². The second-order valence-corrected chi connectivity index (χ2v) is 5.03. The van der Waals surface area contributed by atoms with Gasteiger partial charge in [-0.1, -0.05) is 0 Å². The maximum absolute atomic E-state index is 5.51. The van der Waals surface area contributed by atoms with Crippen molar-refractivity contribution in [1.82, 2.24) is 0 Å². The summed E-state index contributed by atoms with van der Waals surface area (Å²) >= 11 is 2.16. The number of hydrogen-bond donors (Lipinski definition) is 1. The molecule has 0 unspecified atom stereocenters. The molecule has 96 valence electrons. The Hall–Kier alpha value is -1.17. The molecular formula is C14H16INO2. The number of rotatable bonds is 5. The molecule has 0 amide bonds. The highest BCUT2D eigenvalue weighted by Gasteiger charge is 2.03. The van der Waals surface area contributed by atoms with E-state index in [4.69, 9.17) is 9.15 Å². The molecule has 0 bridgehead atoms. The Bertz CT molecular complexity index is 522. The van der Waals surface area contributed by atoms with Crippen LogP contribution in [0.15, 0.2) is 34.7 Å². The SMILES string of the molecule is CCOc1ccc(NCc2ccc(I)o2)c(C)c1. The summed E-state index contributed by atoms with van der Waals surface area (Å²) in [7, 11) is 0. The lowest BCUT2D eigenvalue weighted by Crippen LogP contribution is -2.00. The summed E-state index contributed by atoms with van der Waals surface area (Å²) in [5.74, 6) is 1.85. The molecule has 1 heterocycles. The van der Waals surface area contributed by atoms with Gasteiger partial charge in [0.25, 0.3) is 0 Å². The van der Waals surface area contributed by atoms with Crippen molar-refractivity contribution in [3.05, 3.63) is 45.4 Å². The molecule has 0 spiro atoms. The van der Waals surface area contributed by atoms with Gasteiger partial charge in [0.1, 0.15) is 11.5 Å². The summed E-state index contributed by atoms with van der Waals surface area (Å²) < 4.78 is 11.9. The van der Waals surface area contributed by atoms with E-state index in [1.807, 2.05) is 37.3 Å². The Kier molecular flexibility index (Phi) is 4.52. The molecule has 3 nitrogen and oxygen atoms in total. The van der Waals surface area contributed by atoms with Gasteiger partial charge in [0.2, 0.25) is 0 Å². The molecule has 0 radical (unpaired) electrons. The maximum Gasteiger partial charge on any atom is 0.164 e. The average molecular weight is 357 g/mol. The lowest BCUT2D eigenvalue weighted by atomic mass is 10.2. The largest absolute Gasteiger partial charge is 0.494 e. The van der Waals surface area contributed by atoms with Crippen molar-refractivity contribution in [3.8, 4) is 5.75 Å². The van der Waals surface area contributed by atoms with Gasteiger partial charge in [-0.15, -0.1) is 0 Å². The summed E-state index contributed by atoms with van der Waals surface area (Å²) in [6.07, 6.45) is 0. The standard InChI is InChI=1S/C14H16INO2/c1-3-17-11-4-6-13(10(2)8-11)16-9-12-5-7-14(15)18-12/h4-8,16H,3,9H2,1-2H3. The Morgan fingerprint density at radius 1 is 1.28 bits per heavy atom. The van der Waals surface area contributed by atoms with E-state index in [1.54, 1.807) is 0 Å². The molecule has 4 heteroatoms. The van der Waals surface area contributed by atoms with Gasteiger partial charge < -0.3 is 14.5 Å². The monoisotopic (exact) mass is 357 g/mol. The van der Waals surface area contributed by atoms with Crippen molar-refractivity contribution >= 4 is 28.3 Å². The fraction of sp³-hybridized carbons (Fsp3) is 0.286. The first-order valence-corrected chi connectivity index (χ1v) is 6.98. The Balaban J connectivity index is 2.01. The van der Waals surface area contributed by atoms with Crippen LogP contribution >= 0.6 is 22.6 Å². The second kappa shape index (κ2) is 6.13. The molecule has 0 atom stereocenters. The van der Waals surface area contributed by atoms with Crippen LogP contribution in [0, 0.1) is 10.7 Å². The minimum Gasteiger partial charge on any atom is -0.494 e. The Morgan fingerprint density at radius 2 is 2.11 bits per heavy atom. The number of benzene rings is 1. The molecule has 2 rings (SSSR count). The fourth-order valence-corrected chi connectivity index (χ4v) is 2.18. The van der Waals surface area contributed by atoms with Gasteiger partial charge in [-0.3, -0.25) is 0 Å². The number of aryl methyl sites for hydroxylation is 1. The van der Waals surface area contributed by atoms with E-state index in [-0.39, 0.29) is 0 Å². The van der Waals surface area contributed by atoms with Crippen LogP contribution in [0.25, 0.3) is 0 Å². The van der Waals surface area contributed by atoms with Crippen molar-refractivity contribution in [2.75, 3.05) is 11.9 Å². The fourth-order valence-electron chi connectivity index (χ4n) is 1.72. The van der Waals surface area contributed by atoms with Crippen LogP contribution in [0.5, 0.6) is 5.75 Å². The maximum atomic E-state index is 5.51. The van der Waals surface area contributed by atoms with E-state index in [1.165, 1.54) is 5.56 Å². The summed E-state index contributed by atoms with van der Waals surface area (Å²) in [4.78, 5) is 0. The van der Waals surface area contributed by atoms with Crippen molar-refractivity contribution in [2.45, 2.75) is 20.4 Å². The minimum atomic E-state index is 0.692. The molecule has 0 aliphatic rings. The highest BCUT2D eigenvalue weighted by atomic mass is 127. The van der Waals surface area contributed by atoms with Gasteiger partial charge in [-0.2, -0.15) is 0 Å². The number of anilines is 1. The van der Waals surface area contributed by atoms with Gasteiger partial charge in [0.05, 0.1) is 13.2 Å². The topological polar surface area (TPSA) is 34.4 Å². The average Bonchev–Trinajstić information content (AvgIpc) is 2.74. The zero-order valence-corrected chi connectivity index (χ0v) is 12.7. The van der Waals surface area contributed by atoms with Crippen LogP contribution in [0.1, 0.15) is 18.2 Å². The van der Waals surface area contributed by atoms with Crippen LogP contribution in [-0.4, -0.2) is 6.61 Å². The van der Waals surface area contributed by atoms with E-state index in [0.717, 1.165) is 21.0 Å². The molecule has 2 aromatic rings. The van der Waals surface area contributed by atoms with Crippen LogP contribution < -0.4 is 10.1 Å². The molecular weight excluding hydrogens is 341 g/mol. The predicted molar refractivity (Wildman–Crippen MR) is 81.1 cm³/mol. The Labute approximate surface area is 121 Å². The molecule has 1 aromatic heterocycles. The van der Waals surface area contributed by atoms with E-state index in [9.17, 15) is 0 Å². The molecule has 0 saturated heterocycles. The van der Waals surface area contributed by atoms with Crippen LogP contribution in [0.3, 0.4) is 0 Å². The van der Waals surface area contributed by atoms with Crippen molar-refractivity contribution < 1.29 is 9.15 Å². The van der Waals surface area contributed by atoms with Gasteiger partial charge >= 0.3 is 0 Å². The van der Waals surface area contributed by atoms with Gasteiger partial charge in [0, 0.05) is 5.69 Å². The smallest absolute Gasteiger partial charge is 0.164 e. The van der Waals surface area contributed by atoms with E-state index in [0.29, 0.717) is 13.2 Å². The summed E-state index contributed by atoms with van der Waals surface area (Å²) in [6, 6.07) is 10.00. The predicted octanol–water partition coefficient (Wildman–Crippen LogP) is 4.20. The third kappa shape index (κ3) is 3.41. The summed E-state index contributed by atoms with van der Waals surface area (Å²) in [6.45, 7) is 5.44. The summed E-state index contributed by atoms with van der Waals surface area (Å²) in [5.41, 5.74) is 2.27. The van der Waals surface area contributed by atoms with Crippen LogP contribution in [0.4, 0.5) is 5.69 Å². The molecule has 0 saturated carbocycles. The van der Waals surface area contributed by atoms with Crippen molar-refractivity contribution in [3.63, 3.8) is 0 Å². The first-order chi connectivity index (χ1) is 8.69. The quantitative estimate of drug-likeness (QED) is 0.815. The number of ether oxygens (including phenoxy) is 1. The zero-order valence-electron chi connectivity index (χ0n) is 10.5. The molecule has 0 fully saturated rings. The third-order valence-corrected chi connectivity index (χ3v) is 3.17. The highest BCUT2D eigenvalue weighted by Crippen LogP contribution is 2.22. The number of furan rings is 1. The molecule has 0 aliphatic carbocycles. The number of halogens is 1. The normalized spacial score (nSPS) is 10.4. The van der Waals surface area contributed by atoms with Gasteiger partial charge in [-0.25, -0.2) is 0 Å². The molecule has 0 aliphatic heterocycles. The molecule has 1 N–H and O–H groups in total. The summed E-state index contributed by atoms with van der Waals surface area (Å²) in [5, 5.41) is 3.36. The Morgan fingerprint density at radius 3 is 2.72 bits per heavy atom. The third-order valence-electron chi connectivity index (χ3n) is 2.59. The lowest BCUT2D eigenvalue weighted by Gasteiger charge is -2.10. The van der Waals surface area contributed by atoms with Gasteiger partial charge in [0.15, 0.2) is 3.77 Å². The number of nitrogens with one attached hydrogen (secondary N) is 1. The lowest BCUT2D eigenvalue weighted by molar-refractivity contribution is 0.340. The van der Waals surface area contributed by atoms with Gasteiger partial charge in [-0.05, 0) is 72.3 Å². The minimum absolute atomic E-state index is 0.692. The highest BCUT2D eigenvalue weighted by molar-refractivity contribution is 14.1. The zero-order chi connectivity index (χ0) is 13.0. The van der Waals surface area contributed by atoms with Crippen LogP contribution in [-0.2, 0) is 6.54 Å². The van der Waals surface area contributed by atoms with E-state index >= 15 is 0 Å². The second-order valence-electron chi connectivity index (χ2n) is 3.97. The van der Waals surface area contributed by atoms with Crippen molar-refractivity contribution in [2.24, 2.45) is 0 Å². The number of hydrogen-bond acceptors (Lipinski definition) is 3. The molecule has 1 aromatic carbocycles. The van der Waals surface area contributed by atoms with E-state index in [2.05, 4.69) is 34.8 Å². The molecule has 18 heavy (non-hydrogen) atoms. The van der Waals surface area contributed by atoms with E-state index < -0.39 is 0 Å². The first kappa shape index (κ1) is 13.3.